The highest BCUT2D eigenvalue weighted by Crippen LogP contribution is 2.56. The molecule has 3 aliphatic heterocycles. The summed E-state index contributed by atoms with van der Waals surface area (Å²) in [5.41, 5.74) is -1.08. The van der Waals surface area contributed by atoms with Crippen LogP contribution in [-0.4, -0.2) is 51.9 Å². The van der Waals surface area contributed by atoms with Crippen LogP contribution < -0.4 is 10.6 Å². The summed E-state index contributed by atoms with van der Waals surface area (Å²) in [6.45, 7) is 5.78. The van der Waals surface area contributed by atoms with Gasteiger partial charge in [-0.25, -0.2) is 0 Å². The fourth-order valence-corrected chi connectivity index (χ4v) is 6.44. The lowest BCUT2D eigenvalue weighted by Gasteiger charge is -2.40. The molecule has 7 nitrogen and oxygen atoms in total. The van der Waals surface area contributed by atoms with Crippen molar-refractivity contribution in [2.75, 3.05) is 5.32 Å². The van der Waals surface area contributed by atoms with Gasteiger partial charge in [-0.05, 0) is 57.9 Å². The normalized spacial score (nSPS) is 32.7. The van der Waals surface area contributed by atoms with Crippen LogP contribution in [0.5, 0.6) is 0 Å². The highest BCUT2D eigenvalue weighted by molar-refractivity contribution is 9.10. The molecule has 8 heteroatoms. The molecule has 1 aromatic rings. The number of nitrogens with zero attached hydrogens (tertiary/aromatic N) is 1. The first-order chi connectivity index (χ1) is 16.1. The fourth-order valence-electron chi connectivity index (χ4n) is 6.18. The maximum absolute atomic E-state index is 13.9. The lowest BCUT2D eigenvalue weighted by atomic mass is 9.74. The van der Waals surface area contributed by atoms with Gasteiger partial charge in [0.15, 0.2) is 0 Å². The molecule has 34 heavy (non-hydrogen) atoms. The van der Waals surface area contributed by atoms with Crippen molar-refractivity contribution in [1.82, 2.24) is 10.2 Å². The largest absolute Gasteiger partial charge is 0.359 e. The van der Waals surface area contributed by atoms with Gasteiger partial charge >= 0.3 is 0 Å². The zero-order valence-corrected chi connectivity index (χ0v) is 21.4. The van der Waals surface area contributed by atoms with Crippen LogP contribution in [0, 0.1) is 11.8 Å². The molecule has 1 saturated carbocycles. The van der Waals surface area contributed by atoms with Crippen LogP contribution in [0.4, 0.5) is 5.69 Å². The van der Waals surface area contributed by atoms with Crippen molar-refractivity contribution in [2.24, 2.45) is 11.8 Å². The number of carbonyl (C=O) groups is 3. The number of anilines is 1. The van der Waals surface area contributed by atoms with Gasteiger partial charge in [0.1, 0.15) is 11.6 Å². The molecule has 2 bridgehead atoms. The predicted octanol–water partition coefficient (Wildman–Crippen LogP) is 3.79. The Morgan fingerprint density at radius 3 is 2.41 bits per heavy atom. The van der Waals surface area contributed by atoms with Crippen LogP contribution >= 0.6 is 15.9 Å². The molecule has 1 spiro atoms. The molecule has 2 N–H and O–H groups in total. The molecule has 5 atom stereocenters. The van der Waals surface area contributed by atoms with Crippen LogP contribution in [0.15, 0.2) is 40.9 Å². The number of hydrogen-bond acceptors (Lipinski definition) is 4. The van der Waals surface area contributed by atoms with Crippen molar-refractivity contribution in [1.29, 1.82) is 0 Å². The molecule has 0 radical (unpaired) electrons. The molecule has 0 unspecified atom stereocenters. The molecule has 1 aliphatic carbocycles. The average molecular weight is 530 g/mol. The molecule has 3 fully saturated rings. The van der Waals surface area contributed by atoms with E-state index in [1.165, 1.54) is 6.42 Å². The smallest absolute Gasteiger partial charge is 0.246 e. The number of fused-ring (bicyclic) bond motifs is 1. The van der Waals surface area contributed by atoms with Gasteiger partial charge < -0.3 is 20.3 Å². The Morgan fingerprint density at radius 1 is 1.09 bits per heavy atom. The number of carbonyl (C=O) groups excluding carboxylic acids is 3. The average Bonchev–Trinajstić information content (AvgIpc) is 3.43. The molecule has 0 aromatic heterocycles. The molecular formula is C26H32BrN3O4. The first-order valence-electron chi connectivity index (χ1n) is 12.2. The Balaban J connectivity index is 1.46. The van der Waals surface area contributed by atoms with Gasteiger partial charge in [-0.15, -0.1) is 0 Å². The Kier molecular flexibility index (Phi) is 5.88. The minimum Gasteiger partial charge on any atom is -0.359 e. The highest BCUT2D eigenvalue weighted by Gasteiger charge is 2.73. The Bertz CT molecular complexity index is 1030. The predicted molar refractivity (Wildman–Crippen MR) is 132 cm³/mol. The number of rotatable bonds is 4. The van der Waals surface area contributed by atoms with Gasteiger partial charge in [-0.3, -0.25) is 14.4 Å². The van der Waals surface area contributed by atoms with E-state index in [2.05, 4.69) is 26.6 Å². The number of benzene rings is 1. The van der Waals surface area contributed by atoms with Crippen LogP contribution in [0.3, 0.4) is 0 Å². The number of nitrogens with one attached hydrogen (secondary N) is 2. The molecule has 4 aliphatic rings. The molecule has 182 valence electrons. The molecule has 5 rings (SSSR count). The summed E-state index contributed by atoms with van der Waals surface area (Å²) in [4.78, 5) is 42.7. The number of ether oxygens (including phenoxy) is 1. The van der Waals surface area contributed by atoms with Gasteiger partial charge in [-0.1, -0.05) is 47.3 Å². The van der Waals surface area contributed by atoms with Crippen molar-refractivity contribution >= 4 is 39.3 Å². The first-order valence-corrected chi connectivity index (χ1v) is 13.0. The summed E-state index contributed by atoms with van der Waals surface area (Å²) in [5.74, 6) is -2.08. The van der Waals surface area contributed by atoms with Crippen LogP contribution in [-0.2, 0) is 19.1 Å². The summed E-state index contributed by atoms with van der Waals surface area (Å²) in [6, 6.07) is 6.62. The molecule has 3 amide bonds. The van der Waals surface area contributed by atoms with Crippen molar-refractivity contribution in [2.45, 2.75) is 82.2 Å². The Hall–Kier alpha value is -2.19. The van der Waals surface area contributed by atoms with Crippen molar-refractivity contribution < 1.29 is 19.1 Å². The summed E-state index contributed by atoms with van der Waals surface area (Å²) >= 11 is 3.40. The van der Waals surface area contributed by atoms with Gasteiger partial charge in [0.05, 0.1) is 17.9 Å². The quantitative estimate of drug-likeness (QED) is 0.581. The second kappa shape index (κ2) is 8.48. The van der Waals surface area contributed by atoms with E-state index in [9.17, 15) is 14.4 Å². The molecular weight excluding hydrogens is 498 g/mol. The minimum atomic E-state index is -1.13. The number of halogens is 1. The van der Waals surface area contributed by atoms with Gasteiger partial charge in [0.25, 0.3) is 0 Å². The van der Waals surface area contributed by atoms with E-state index in [0.717, 1.165) is 30.2 Å². The summed E-state index contributed by atoms with van der Waals surface area (Å²) in [5, 5.41) is 6.16. The summed E-state index contributed by atoms with van der Waals surface area (Å²) < 4.78 is 7.30. The van der Waals surface area contributed by atoms with E-state index in [-0.39, 0.29) is 23.8 Å². The lowest BCUT2D eigenvalue weighted by Crippen LogP contribution is -2.60. The van der Waals surface area contributed by atoms with Gasteiger partial charge in [0, 0.05) is 21.7 Å². The second-order valence-corrected chi connectivity index (χ2v) is 11.8. The third-order valence-corrected chi connectivity index (χ3v) is 8.14. The zero-order valence-electron chi connectivity index (χ0n) is 19.8. The number of hydrogen-bond donors (Lipinski definition) is 2. The summed E-state index contributed by atoms with van der Waals surface area (Å²) in [6.07, 6.45) is 8.48. The molecule has 2 saturated heterocycles. The van der Waals surface area contributed by atoms with E-state index in [4.69, 9.17) is 4.74 Å². The van der Waals surface area contributed by atoms with E-state index >= 15 is 0 Å². The Labute approximate surface area is 208 Å². The SMILES string of the molecule is CC(C)(C)N1C(=O)[C@H]2[C@@H](C(=O)Nc3ccc(Br)cc3)[C@H]3C=C[C@@]2(O3)[C@H]1C(=O)NC1CCCCC1. The maximum atomic E-state index is 13.9. The highest BCUT2D eigenvalue weighted by atomic mass is 79.9. The van der Waals surface area contributed by atoms with Crippen LogP contribution in [0.1, 0.15) is 52.9 Å². The Morgan fingerprint density at radius 2 is 1.76 bits per heavy atom. The van der Waals surface area contributed by atoms with E-state index < -0.39 is 35.1 Å². The van der Waals surface area contributed by atoms with Crippen molar-refractivity contribution in [3.8, 4) is 0 Å². The van der Waals surface area contributed by atoms with Crippen LogP contribution in [0.2, 0.25) is 0 Å². The van der Waals surface area contributed by atoms with Crippen molar-refractivity contribution in [3.05, 3.63) is 40.9 Å². The topological polar surface area (TPSA) is 87.7 Å². The number of likely N-dealkylation sites (tertiary alicyclic amines) is 1. The number of amides is 3. The standard InChI is InChI=1S/C26H32BrN3O4/c1-25(2,3)30-21(23(32)29-16-7-5-4-6-8-16)26-14-13-18(34-26)19(20(26)24(30)33)22(31)28-17-11-9-15(27)10-12-17/h9-14,16,18-21H,4-8H2,1-3H3,(H,28,31)(H,29,32)/t18-,19+,20-,21-,26+/m1/s1. The maximum Gasteiger partial charge on any atom is 0.246 e. The monoisotopic (exact) mass is 529 g/mol. The van der Waals surface area contributed by atoms with Crippen LogP contribution in [0.25, 0.3) is 0 Å². The third kappa shape index (κ3) is 3.79. The summed E-state index contributed by atoms with van der Waals surface area (Å²) in [7, 11) is 0. The van der Waals surface area contributed by atoms with E-state index in [1.807, 2.05) is 45.1 Å². The van der Waals surface area contributed by atoms with E-state index in [1.54, 1.807) is 17.0 Å². The van der Waals surface area contributed by atoms with Crippen molar-refractivity contribution in [3.63, 3.8) is 0 Å². The third-order valence-electron chi connectivity index (χ3n) is 7.61. The fraction of sp³-hybridized carbons (Fsp3) is 0.577. The minimum absolute atomic E-state index is 0.118. The second-order valence-electron chi connectivity index (χ2n) is 10.9. The molecule has 3 heterocycles. The van der Waals surface area contributed by atoms with E-state index in [0.29, 0.717) is 5.69 Å². The van der Waals surface area contributed by atoms with Gasteiger partial charge in [-0.2, -0.15) is 0 Å². The van der Waals surface area contributed by atoms with Gasteiger partial charge in [0.2, 0.25) is 17.7 Å². The zero-order chi connectivity index (χ0) is 24.3. The first kappa shape index (κ1) is 23.5. The lowest BCUT2D eigenvalue weighted by molar-refractivity contribution is -0.146. The molecule has 1 aromatic carbocycles.